The van der Waals surface area contributed by atoms with Gasteiger partial charge in [0.15, 0.2) is 5.78 Å². The molecule has 7 nitrogen and oxygen atoms in total. The van der Waals surface area contributed by atoms with E-state index in [9.17, 15) is 14.4 Å². The number of nitrogens with one attached hydrogen (secondary N) is 2. The molecule has 0 aliphatic heterocycles. The van der Waals surface area contributed by atoms with Crippen LogP contribution < -0.4 is 22.1 Å². The van der Waals surface area contributed by atoms with Crippen LogP contribution in [0.3, 0.4) is 0 Å². The molecule has 144 valence electrons. The Hall–Kier alpha value is -2.25. The summed E-state index contributed by atoms with van der Waals surface area (Å²) in [6, 6.07) is 7.25. The van der Waals surface area contributed by atoms with E-state index >= 15 is 0 Å². The Bertz CT molecular complexity index is 590. The van der Waals surface area contributed by atoms with Crippen LogP contribution in [0, 0.1) is 0 Å². The second-order valence-electron chi connectivity index (χ2n) is 6.50. The molecule has 0 radical (unpaired) electrons. The third kappa shape index (κ3) is 7.76. The van der Waals surface area contributed by atoms with Crippen LogP contribution in [0.5, 0.6) is 0 Å². The van der Waals surface area contributed by atoms with Gasteiger partial charge >= 0.3 is 0 Å². The van der Waals surface area contributed by atoms with Gasteiger partial charge in [-0.15, -0.1) is 0 Å². The number of nitrogens with two attached hydrogens (primary N) is 2. The molecule has 2 amide bonds. The first-order chi connectivity index (χ1) is 12.3. The fourth-order valence-corrected chi connectivity index (χ4v) is 2.50. The van der Waals surface area contributed by atoms with Crippen molar-refractivity contribution in [3.8, 4) is 0 Å². The van der Waals surface area contributed by atoms with Gasteiger partial charge in [-0.05, 0) is 45.2 Å². The number of Topliss-reactive ketones (excluding diaryl/α,β-unsaturated/α-hetero) is 1. The quantitative estimate of drug-likeness (QED) is 0.420. The summed E-state index contributed by atoms with van der Waals surface area (Å²) in [7, 11) is 0. The van der Waals surface area contributed by atoms with Crippen molar-refractivity contribution in [3.05, 3.63) is 35.9 Å². The molecule has 1 rings (SSSR count). The van der Waals surface area contributed by atoms with E-state index in [1.807, 2.05) is 30.3 Å². The van der Waals surface area contributed by atoms with E-state index in [-0.39, 0.29) is 5.78 Å². The maximum Gasteiger partial charge on any atom is 0.243 e. The molecule has 0 saturated heterocycles. The van der Waals surface area contributed by atoms with Gasteiger partial charge in [0.05, 0.1) is 12.1 Å². The summed E-state index contributed by atoms with van der Waals surface area (Å²) in [5, 5.41) is 5.42. The number of carbonyl (C=O) groups is 3. The minimum absolute atomic E-state index is 0.118. The first-order valence-corrected chi connectivity index (χ1v) is 8.96. The number of ketones is 1. The van der Waals surface area contributed by atoms with Crippen molar-refractivity contribution in [1.29, 1.82) is 0 Å². The van der Waals surface area contributed by atoms with E-state index in [1.54, 1.807) is 6.92 Å². The molecule has 0 bridgehead atoms. The summed E-state index contributed by atoms with van der Waals surface area (Å²) in [6.07, 6.45) is 2.38. The number of benzene rings is 1. The van der Waals surface area contributed by atoms with Crippen LogP contribution in [0.15, 0.2) is 30.3 Å². The number of unbranched alkanes of at least 4 members (excludes halogenated alkanes) is 1. The first-order valence-electron chi connectivity index (χ1n) is 8.96. The van der Waals surface area contributed by atoms with Crippen LogP contribution in [-0.4, -0.2) is 42.3 Å². The third-order valence-corrected chi connectivity index (χ3v) is 4.08. The molecule has 0 unspecified atom stereocenters. The van der Waals surface area contributed by atoms with Gasteiger partial charge in [0.1, 0.15) is 6.04 Å². The molecule has 0 spiro atoms. The monoisotopic (exact) mass is 362 g/mol. The Kier molecular flexibility index (Phi) is 9.54. The molecule has 0 saturated carbocycles. The molecule has 1 aromatic rings. The highest BCUT2D eigenvalue weighted by atomic mass is 16.2. The predicted molar refractivity (Wildman–Crippen MR) is 101 cm³/mol. The molecule has 0 heterocycles. The molecule has 1 aromatic carbocycles. The normalized spacial score (nSPS) is 14.2. The van der Waals surface area contributed by atoms with Gasteiger partial charge in [-0.25, -0.2) is 0 Å². The summed E-state index contributed by atoms with van der Waals surface area (Å²) in [5.74, 6) is -0.924. The molecule has 7 heteroatoms. The fraction of sp³-hybridized carbons (Fsp3) is 0.526. The van der Waals surface area contributed by atoms with Crippen molar-refractivity contribution >= 4 is 17.6 Å². The van der Waals surface area contributed by atoms with Crippen LogP contribution in [0.1, 0.15) is 38.7 Å². The summed E-state index contributed by atoms with van der Waals surface area (Å²) < 4.78 is 0. The highest BCUT2D eigenvalue weighted by molar-refractivity contribution is 5.93. The summed E-state index contributed by atoms with van der Waals surface area (Å²) in [5.41, 5.74) is 12.0. The standard InChI is InChI=1S/C19H30N4O3/c1-13(21)18(25)23-17(12-15-8-4-3-5-9-15)19(26)22-16(14(2)24)10-6-7-11-20/h3-5,8-9,13,16-17H,6-7,10-12,20-21H2,1-2H3,(H,22,26)(H,23,25)/t13-,16-,17-/m0/s1. The zero-order valence-corrected chi connectivity index (χ0v) is 15.5. The lowest BCUT2D eigenvalue weighted by Crippen LogP contribution is -2.54. The van der Waals surface area contributed by atoms with Gasteiger partial charge in [-0.3, -0.25) is 14.4 Å². The predicted octanol–water partition coefficient (Wildman–Crippen LogP) is 0.264. The van der Waals surface area contributed by atoms with Crippen molar-refractivity contribution < 1.29 is 14.4 Å². The van der Waals surface area contributed by atoms with Gasteiger partial charge in [-0.1, -0.05) is 30.3 Å². The molecule has 0 aromatic heterocycles. The first kappa shape index (κ1) is 21.8. The number of hydrogen-bond acceptors (Lipinski definition) is 5. The van der Waals surface area contributed by atoms with Crippen LogP contribution in [0.2, 0.25) is 0 Å². The molecule has 0 fully saturated rings. The Morgan fingerprint density at radius 3 is 2.15 bits per heavy atom. The lowest BCUT2D eigenvalue weighted by molar-refractivity contribution is -0.131. The number of carbonyl (C=O) groups excluding carboxylic acids is 3. The highest BCUT2D eigenvalue weighted by Crippen LogP contribution is 2.06. The van der Waals surface area contributed by atoms with Gasteiger partial charge < -0.3 is 22.1 Å². The van der Waals surface area contributed by atoms with E-state index in [0.29, 0.717) is 19.4 Å². The van der Waals surface area contributed by atoms with Gasteiger partial charge in [0.2, 0.25) is 11.8 Å². The lowest BCUT2D eigenvalue weighted by Gasteiger charge is -2.23. The lowest BCUT2D eigenvalue weighted by atomic mass is 10.0. The molecule has 26 heavy (non-hydrogen) atoms. The smallest absolute Gasteiger partial charge is 0.243 e. The van der Waals surface area contributed by atoms with E-state index in [1.165, 1.54) is 6.92 Å². The molecule has 0 aliphatic rings. The molecule has 0 aliphatic carbocycles. The topological polar surface area (TPSA) is 127 Å². The molecular formula is C19H30N4O3. The van der Waals surface area contributed by atoms with Crippen LogP contribution in [0.25, 0.3) is 0 Å². The van der Waals surface area contributed by atoms with Gasteiger partial charge in [-0.2, -0.15) is 0 Å². The van der Waals surface area contributed by atoms with E-state index in [4.69, 9.17) is 11.5 Å². The van der Waals surface area contributed by atoms with Crippen molar-refractivity contribution in [2.24, 2.45) is 11.5 Å². The number of hydrogen-bond donors (Lipinski definition) is 4. The van der Waals surface area contributed by atoms with Crippen LogP contribution in [-0.2, 0) is 20.8 Å². The average Bonchev–Trinajstić information content (AvgIpc) is 2.60. The highest BCUT2D eigenvalue weighted by Gasteiger charge is 2.26. The second kappa shape index (κ2) is 11.4. The Labute approximate surface area is 154 Å². The summed E-state index contributed by atoms with van der Waals surface area (Å²) >= 11 is 0. The summed E-state index contributed by atoms with van der Waals surface area (Å²) in [4.78, 5) is 36.5. The van der Waals surface area contributed by atoms with E-state index in [2.05, 4.69) is 10.6 Å². The van der Waals surface area contributed by atoms with Crippen LogP contribution >= 0.6 is 0 Å². The van der Waals surface area contributed by atoms with E-state index < -0.39 is 29.9 Å². The summed E-state index contributed by atoms with van der Waals surface area (Å²) in [6.45, 7) is 3.54. The van der Waals surface area contributed by atoms with Gasteiger partial charge in [0, 0.05) is 6.42 Å². The Morgan fingerprint density at radius 1 is 1.00 bits per heavy atom. The van der Waals surface area contributed by atoms with Crippen molar-refractivity contribution in [2.45, 2.75) is 57.7 Å². The number of amides is 2. The molecular weight excluding hydrogens is 332 g/mol. The maximum absolute atomic E-state index is 12.7. The van der Waals surface area contributed by atoms with Crippen molar-refractivity contribution in [3.63, 3.8) is 0 Å². The van der Waals surface area contributed by atoms with Crippen molar-refractivity contribution in [1.82, 2.24) is 10.6 Å². The SMILES string of the molecule is CC(=O)[C@H](CCCCN)NC(=O)[C@H](Cc1ccccc1)NC(=O)[C@H](C)N. The zero-order valence-electron chi connectivity index (χ0n) is 15.5. The molecule has 6 N–H and O–H groups in total. The maximum atomic E-state index is 12.7. The van der Waals surface area contributed by atoms with E-state index in [0.717, 1.165) is 18.4 Å². The zero-order chi connectivity index (χ0) is 19.5. The Morgan fingerprint density at radius 2 is 1.62 bits per heavy atom. The third-order valence-electron chi connectivity index (χ3n) is 4.08. The van der Waals surface area contributed by atoms with Crippen molar-refractivity contribution in [2.75, 3.05) is 6.54 Å². The molecule has 3 atom stereocenters. The minimum Gasteiger partial charge on any atom is -0.345 e. The minimum atomic E-state index is -0.799. The number of rotatable bonds is 11. The fourth-order valence-electron chi connectivity index (χ4n) is 2.50. The second-order valence-corrected chi connectivity index (χ2v) is 6.50. The van der Waals surface area contributed by atoms with Gasteiger partial charge in [0.25, 0.3) is 0 Å². The largest absolute Gasteiger partial charge is 0.345 e. The van der Waals surface area contributed by atoms with Crippen LogP contribution in [0.4, 0.5) is 0 Å². The Balaban J connectivity index is 2.83. The average molecular weight is 362 g/mol.